The summed E-state index contributed by atoms with van der Waals surface area (Å²) in [7, 11) is -4.95. The molecule has 1 aliphatic rings. The molecule has 2 amide bonds. The van der Waals surface area contributed by atoms with E-state index in [1.807, 2.05) is 0 Å². The van der Waals surface area contributed by atoms with Gasteiger partial charge in [0.05, 0.1) is 23.5 Å². The lowest BCUT2D eigenvalue weighted by Crippen LogP contribution is -2.35. The normalized spacial score (nSPS) is 16.8. The Hall–Kier alpha value is -2.72. The second-order valence-corrected chi connectivity index (χ2v) is 8.43. The van der Waals surface area contributed by atoms with Gasteiger partial charge in [-0.3, -0.25) is 9.69 Å². The quantitative estimate of drug-likeness (QED) is 0.739. The molecule has 0 bridgehead atoms. The SMILES string of the molecule is O=C(NCC1CN(c2cccc(Cl)c2)C(=O)O1)c1ccccc1S(=O)(=O)C(F)F. The number of sulfone groups is 1. The molecule has 11 heteroatoms. The van der Waals surface area contributed by atoms with Gasteiger partial charge in [-0.25, -0.2) is 13.2 Å². The average Bonchev–Trinajstić information content (AvgIpc) is 3.06. The van der Waals surface area contributed by atoms with Crippen LogP contribution in [0.5, 0.6) is 0 Å². The largest absolute Gasteiger partial charge is 0.442 e. The van der Waals surface area contributed by atoms with Gasteiger partial charge in [0, 0.05) is 10.7 Å². The Labute approximate surface area is 170 Å². The molecule has 1 fully saturated rings. The van der Waals surface area contributed by atoms with Gasteiger partial charge in [0.25, 0.3) is 5.91 Å². The molecule has 7 nitrogen and oxygen atoms in total. The predicted octanol–water partition coefficient (Wildman–Crippen LogP) is 3.09. The van der Waals surface area contributed by atoms with E-state index in [1.54, 1.807) is 24.3 Å². The third kappa shape index (κ3) is 4.48. The van der Waals surface area contributed by atoms with Crippen LogP contribution < -0.4 is 10.2 Å². The van der Waals surface area contributed by atoms with E-state index in [0.29, 0.717) is 10.7 Å². The lowest BCUT2D eigenvalue weighted by molar-refractivity contribution is 0.0913. The Bertz CT molecular complexity index is 1050. The van der Waals surface area contributed by atoms with Crippen molar-refractivity contribution in [2.75, 3.05) is 18.0 Å². The summed E-state index contributed by atoms with van der Waals surface area (Å²) in [5, 5.41) is 2.85. The second kappa shape index (κ2) is 8.34. The van der Waals surface area contributed by atoms with E-state index in [0.717, 1.165) is 12.1 Å². The van der Waals surface area contributed by atoms with Gasteiger partial charge in [0.15, 0.2) is 0 Å². The second-order valence-electron chi connectivity index (χ2n) is 6.11. The van der Waals surface area contributed by atoms with Crippen LogP contribution in [-0.4, -0.2) is 45.4 Å². The molecule has 1 atom stereocenters. The predicted molar refractivity (Wildman–Crippen MR) is 101 cm³/mol. The number of carbonyl (C=O) groups is 2. The van der Waals surface area contributed by atoms with E-state index in [2.05, 4.69) is 5.32 Å². The number of carbonyl (C=O) groups excluding carboxylic acids is 2. The first kappa shape index (κ1) is 21.0. The van der Waals surface area contributed by atoms with Crippen LogP contribution in [0.2, 0.25) is 5.02 Å². The van der Waals surface area contributed by atoms with E-state index in [-0.39, 0.29) is 13.1 Å². The highest BCUT2D eigenvalue weighted by Crippen LogP contribution is 2.25. The topological polar surface area (TPSA) is 92.8 Å². The number of amides is 2. The first-order valence-corrected chi connectivity index (χ1v) is 10.3. The Balaban J connectivity index is 1.69. The van der Waals surface area contributed by atoms with Crippen LogP contribution in [0.25, 0.3) is 0 Å². The smallest absolute Gasteiger partial charge is 0.414 e. The Kier molecular flexibility index (Phi) is 6.04. The van der Waals surface area contributed by atoms with Crippen molar-refractivity contribution in [2.24, 2.45) is 0 Å². The standard InChI is InChI=1S/C18H15ClF2N2O5S/c19-11-4-3-5-12(8-11)23-10-13(28-18(23)25)9-22-16(24)14-6-1-2-7-15(14)29(26,27)17(20)21/h1-8,13,17H,9-10H2,(H,22,24). The molecule has 1 saturated heterocycles. The zero-order valence-corrected chi connectivity index (χ0v) is 16.3. The van der Waals surface area contributed by atoms with Gasteiger partial charge in [-0.2, -0.15) is 8.78 Å². The van der Waals surface area contributed by atoms with Crippen molar-refractivity contribution in [2.45, 2.75) is 16.8 Å². The summed E-state index contributed by atoms with van der Waals surface area (Å²) in [6.45, 7) is -0.0128. The van der Waals surface area contributed by atoms with Crippen LogP contribution >= 0.6 is 11.6 Å². The number of cyclic esters (lactones) is 1. The van der Waals surface area contributed by atoms with Gasteiger partial charge >= 0.3 is 11.9 Å². The summed E-state index contributed by atoms with van der Waals surface area (Å²) in [6.07, 6.45) is -1.35. The number of nitrogens with zero attached hydrogens (tertiary/aromatic N) is 1. The lowest BCUT2D eigenvalue weighted by atomic mass is 10.2. The first-order valence-electron chi connectivity index (χ1n) is 8.33. The fourth-order valence-corrected chi connectivity index (χ4v) is 3.89. The molecule has 154 valence electrons. The lowest BCUT2D eigenvalue weighted by Gasteiger charge is -2.14. The minimum atomic E-state index is -4.95. The maximum Gasteiger partial charge on any atom is 0.414 e. The van der Waals surface area contributed by atoms with Crippen molar-refractivity contribution < 1.29 is 31.5 Å². The van der Waals surface area contributed by atoms with E-state index in [1.165, 1.54) is 17.0 Å². The summed E-state index contributed by atoms with van der Waals surface area (Å²) < 4.78 is 54.4. The molecular formula is C18H15ClF2N2O5S. The average molecular weight is 445 g/mol. The van der Waals surface area contributed by atoms with E-state index in [9.17, 15) is 26.8 Å². The minimum absolute atomic E-state index is 0.121. The van der Waals surface area contributed by atoms with Gasteiger partial charge in [0.1, 0.15) is 6.10 Å². The number of hydrogen-bond acceptors (Lipinski definition) is 5. The number of ether oxygens (including phenoxy) is 1. The summed E-state index contributed by atoms with van der Waals surface area (Å²) in [5.41, 5.74) is 0.105. The summed E-state index contributed by atoms with van der Waals surface area (Å²) in [6, 6.07) is 11.2. The number of nitrogens with one attached hydrogen (secondary N) is 1. The van der Waals surface area contributed by atoms with Gasteiger partial charge in [-0.1, -0.05) is 29.8 Å². The molecule has 1 heterocycles. The zero-order valence-electron chi connectivity index (χ0n) is 14.7. The Morgan fingerprint density at radius 3 is 2.66 bits per heavy atom. The molecule has 3 rings (SSSR count). The molecule has 1 N–H and O–H groups in total. The fourth-order valence-electron chi connectivity index (χ4n) is 2.78. The molecule has 0 saturated carbocycles. The molecule has 1 unspecified atom stereocenters. The summed E-state index contributed by atoms with van der Waals surface area (Å²) >= 11 is 5.91. The maximum absolute atomic E-state index is 12.9. The van der Waals surface area contributed by atoms with Crippen molar-refractivity contribution in [3.63, 3.8) is 0 Å². The van der Waals surface area contributed by atoms with Crippen LogP contribution in [0.4, 0.5) is 19.3 Å². The van der Waals surface area contributed by atoms with Crippen molar-refractivity contribution in [3.8, 4) is 0 Å². The van der Waals surface area contributed by atoms with E-state index < -0.39 is 44.2 Å². The molecule has 0 spiro atoms. The minimum Gasteiger partial charge on any atom is -0.442 e. The van der Waals surface area contributed by atoms with Crippen LogP contribution in [0.15, 0.2) is 53.4 Å². The highest BCUT2D eigenvalue weighted by Gasteiger charge is 2.34. The molecule has 2 aromatic carbocycles. The van der Waals surface area contributed by atoms with E-state index >= 15 is 0 Å². The highest BCUT2D eigenvalue weighted by molar-refractivity contribution is 7.91. The van der Waals surface area contributed by atoms with Crippen molar-refractivity contribution in [3.05, 3.63) is 59.1 Å². The zero-order chi connectivity index (χ0) is 21.2. The maximum atomic E-state index is 12.9. The molecular weight excluding hydrogens is 430 g/mol. The molecule has 0 radical (unpaired) electrons. The molecule has 0 aliphatic carbocycles. The van der Waals surface area contributed by atoms with Gasteiger partial charge in [0.2, 0.25) is 9.84 Å². The summed E-state index contributed by atoms with van der Waals surface area (Å²) in [4.78, 5) is 25.0. The molecule has 2 aromatic rings. The number of alkyl halides is 2. The van der Waals surface area contributed by atoms with Crippen molar-refractivity contribution >= 4 is 39.1 Å². The van der Waals surface area contributed by atoms with Crippen LogP contribution in [0.1, 0.15) is 10.4 Å². The van der Waals surface area contributed by atoms with Crippen LogP contribution in [0, 0.1) is 0 Å². The van der Waals surface area contributed by atoms with Crippen molar-refractivity contribution in [1.82, 2.24) is 5.32 Å². The third-order valence-corrected chi connectivity index (χ3v) is 5.83. The van der Waals surface area contributed by atoms with Crippen molar-refractivity contribution in [1.29, 1.82) is 0 Å². The number of halogens is 3. The fraction of sp³-hybridized carbons (Fsp3) is 0.222. The van der Waals surface area contributed by atoms with Gasteiger partial charge in [-0.05, 0) is 30.3 Å². The summed E-state index contributed by atoms with van der Waals surface area (Å²) in [5.74, 6) is -4.53. The van der Waals surface area contributed by atoms with Crippen LogP contribution in [-0.2, 0) is 14.6 Å². The van der Waals surface area contributed by atoms with Gasteiger partial charge in [-0.15, -0.1) is 0 Å². The highest BCUT2D eigenvalue weighted by atomic mass is 35.5. The third-order valence-electron chi connectivity index (χ3n) is 4.16. The first-order chi connectivity index (χ1) is 13.7. The molecule has 29 heavy (non-hydrogen) atoms. The van der Waals surface area contributed by atoms with Crippen LogP contribution in [0.3, 0.4) is 0 Å². The number of hydrogen-bond donors (Lipinski definition) is 1. The van der Waals surface area contributed by atoms with E-state index in [4.69, 9.17) is 16.3 Å². The Morgan fingerprint density at radius 2 is 1.97 bits per heavy atom. The molecule has 1 aliphatic heterocycles. The molecule has 0 aromatic heterocycles. The Morgan fingerprint density at radius 1 is 1.24 bits per heavy atom. The van der Waals surface area contributed by atoms with Gasteiger partial charge < -0.3 is 10.1 Å². The monoisotopic (exact) mass is 444 g/mol. The number of rotatable bonds is 6. The number of benzene rings is 2. The number of anilines is 1.